The van der Waals surface area contributed by atoms with Gasteiger partial charge in [-0.3, -0.25) is 4.90 Å². The summed E-state index contributed by atoms with van der Waals surface area (Å²) < 4.78 is 6.45. The van der Waals surface area contributed by atoms with Crippen molar-refractivity contribution in [1.82, 2.24) is 4.90 Å². The number of ether oxygens (including phenoxy) is 1. The number of hydrogen-bond acceptors (Lipinski definition) is 2. The number of fused-ring (bicyclic) bond motifs is 1. The minimum atomic E-state index is -0.265. The third kappa shape index (κ3) is 2.95. The van der Waals surface area contributed by atoms with Crippen molar-refractivity contribution in [2.75, 3.05) is 0 Å². The second-order valence-corrected chi connectivity index (χ2v) is 6.10. The second-order valence-electron chi connectivity index (χ2n) is 5.19. The van der Waals surface area contributed by atoms with Crippen LogP contribution in [0.1, 0.15) is 29.7 Å². The van der Waals surface area contributed by atoms with E-state index in [0.717, 1.165) is 10.0 Å². The molecule has 4 heteroatoms. The summed E-state index contributed by atoms with van der Waals surface area (Å²) in [6.07, 6.45) is -0.265. The van der Waals surface area contributed by atoms with Gasteiger partial charge in [-0.25, -0.2) is 4.79 Å². The molecule has 108 valence electrons. The van der Waals surface area contributed by atoms with Crippen molar-refractivity contribution in [2.45, 2.75) is 26.1 Å². The van der Waals surface area contributed by atoms with E-state index in [1.54, 1.807) is 4.90 Å². The largest absolute Gasteiger partial charge is 0.445 e. The third-order valence-electron chi connectivity index (χ3n) is 3.80. The maximum absolute atomic E-state index is 12.3. The molecule has 3 nitrogen and oxygen atoms in total. The molecule has 1 unspecified atom stereocenters. The molecule has 0 bridgehead atoms. The van der Waals surface area contributed by atoms with E-state index >= 15 is 0 Å². The molecule has 0 saturated carbocycles. The minimum Gasteiger partial charge on any atom is -0.445 e. The van der Waals surface area contributed by atoms with E-state index in [2.05, 4.69) is 28.1 Å². The topological polar surface area (TPSA) is 29.5 Å². The van der Waals surface area contributed by atoms with Gasteiger partial charge in [-0.05, 0) is 35.7 Å². The van der Waals surface area contributed by atoms with E-state index in [0.29, 0.717) is 13.2 Å². The summed E-state index contributed by atoms with van der Waals surface area (Å²) in [7, 11) is 0. The lowest BCUT2D eigenvalue weighted by Crippen LogP contribution is -2.28. The summed E-state index contributed by atoms with van der Waals surface area (Å²) in [5.74, 6) is 0. The number of halogens is 1. The number of benzene rings is 2. The minimum absolute atomic E-state index is 0.0522. The number of carbonyl (C=O) groups excluding carboxylic acids is 1. The van der Waals surface area contributed by atoms with Gasteiger partial charge < -0.3 is 4.74 Å². The molecular formula is C17H16BrNO2. The molecule has 1 heterocycles. The van der Waals surface area contributed by atoms with Crippen LogP contribution >= 0.6 is 15.9 Å². The van der Waals surface area contributed by atoms with Crippen molar-refractivity contribution >= 4 is 22.0 Å². The van der Waals surface area contributed by atoms with Gasteiger partial charge in [0.15, 0.2) is 0 Å². The maximum Gasteiger partial charge on any atom is 0.410 e. The van der Waals surface area contributed by atoms with Crippen molar-refractivity contribution in [3.05, 3.63) is 69.7 Å². The SMILES string of the molecule is CC1c2ccc(Br)cc2CN1C(=O)OCc1ccccc1. The van der Waals surface area contributed by atoms with E-state index in [1.165, 1.54) is 11.1 Å². The summed E-state index contributed by atoms with van der Waals surface area (Å²) in [5.41, 5.74) is 3.36. The maximum atomic E-state index is 12.3. The first-order valence-corrected chi connectivity index (χ1v) is 7.70. The molecule has 1 aliphatic heterocycles. The van der Waals surface area contributed by atoms with E-state index in [1.807, 2.05) is 43.3 Å². The molecule has 2 aromatic rings. The van der Waals surface area contributed by atoms with Gasteiger partial charge in [0.1, 0.15) is 6.61 Å². The van der Waals surface area contributed by atoms with Crippen molar-refractivity contribution in [1.29, 1.82) is 0 Å². The Bertz CT molecular complexity index is 657. The second kappa shape index (κ2) is 5.90. The standard InChI is InChI=1S/C17H16BrNO2/c1-12-16-8-7-15(18)9-14(16)10-19(12)17(20)21-11-13-5-3-2-4-6-13/h2-9,12H,10-11H2,1H3. The summed E-state index contributed by atoms with van der Waals surface area (Å²) >= 11 is 3.47. The first-order chi connectivity index (χ1) is 10.1. The zero-order chi connectivity index (χ0) is 14.8. The summed E-state index contributed by atoms with van der Waals surface area (Å²) in [6, 6.07) is 15.9. The first kappa shape index (κ1) is 14.1. The highest BCUT2D eigenvalue weighted by atomic mass is 79.9. The normalized spacial score (nSPS) is 16.7. The highest BCUT2D eigenvalue weighted by molar-refractivity contribution is 9.10. The molecule has 0 aromatic heterocycles. The Morgan fingerprint density at radius 3 is 2.81 bits per heavy atom. The molecule has 0 N–H and O–H groups in total. The van der Waals surface area contributed by atoms with E-state index in [4.69, 9.17) is 4.74 Å². The number of amides is 1. The van der Waals surface area contributed by atoms with Gasteiger partial charge in [0.25, 0.3) is 0 Å². The van der Waals surface area contributed by atoms with E-state index in [9.17, 15) is 4.79 Å². The predicted octanol–water partition coefficient (Wildman–Crippen LogP) is 4.66. The number of rotatable bonds is 2. The fraction of sp³-hybridized carbons (Fsp3) is 0.235. The van der Waals surface area contributed by atoms with Crippen molar-refractivity contribution < 1.29 is 9.53 Å². The molecule has 1 aliphatic rings. The Kier molecular flexibility index (Phi) is 3.97. The van der Waals surface area contributed by atoms with Crippen LogP contribution in [0.2, 0.25) is 0 Å². The van der Waals surface area contributed by atoms with Crippen LogP contribution in [0.3, 0.4) is 0 Å². The van der Waals surface area contributed by atoms with Gasteiger partial charge >= 0.3 is 6.09 Å². The van der Waals surface area contributed by atoms with Crippen LogP contribution in [0.15, 0.2) is 53.0 Å². The Balaban J connectivity index is 1.67. The molecule has 1 atom stereocenters. The smallest absolute Gasteiger partial charge is 0.410 e. The monoisotopic (exact) mass is 345 g/mol. The fourth-order valence-corrected chi connectivity index (χ4v) is 3.04. The molecule has 0 aliphatic carbocycles. The van der Waals surface area contributed by atoms with Crippen LogP contribution in [0.4, 0.5) is 4.79 Å². The average molecular weight is 346 g/mol. The summed E-state index contributed by atoms with van der Waals surface area (Å²) in [6.45, 7) is 2.94. The van der Waals surface area contributed by atoms with Crippen LogP contribution in [0.5, 0.6) is 0 Å². The molecule has 2 aromatic carbocycles. The molecule has 0 spiro atoms. The zero-order valence-electron chi connectivity index (χ0n) is 11.8. The van der Waals surface area contributed by atoms with Crippen LogP contribution in [0.25, 0.3) is 0 Å². The van der Waals surface area contributed by atoms with Gasteiger partial charge in [-0.1, -0.05) is 52.3 Å². The van der Waals surface area contributed by atoms with Crippen molar-refractivity contribution in [3.63, 3.8) is 0 Å². The number of nitrogens with zero attached hydrogens (tertiary/aromatic N) is 1. The quantitative estimate of drug-likeness (QED) is 0.791. The van der Waals surface area contributed by atoms with Crippen LogP contribution < -0.4 is 0 Å². The highest BCUT2D eigenvalue weighted by Crippen LogP contribution is 2.35. The van der Waals surface area contributed by atoms with Gasteiger partial charge in [0, 0.05) is 4.47 Å². The van der Waals surface area contributed by atoms with Gasteiger partial charge in [0.2, 0.25) is 0 Å². The lowest BCUT2D eigenvalue weighted by Gasteiger charge is -2.21. The van der Waals surface area contributed by atoms with Crippen LogP contribution in [-0.4, -0.2) is 11.0 Å². The third-order valence-corrected chi connectivity index (χ3v) is 4.30. The number of carbonyl (C=O) groups is 1. The Morgan fingerprint density at radius 2 is 2.05 bits per heavy atom. The first-order valence-electron chi connectivity index (χ1n) is 6.91. The van der Waals surface area contributed by atoms with Crippen molar-refractivity contribution in [3.8, 4) is 0 Å². The molecule has 21 heavy (non-hydrogen) atoms. The molecule has 1 amide bonds. The average Bonchev–Trinajstić information content (AvgIpc) is 2.82. The highest BCUT2D eigenvalue weighted by Gasteiger charge is 2.31. The Morgan fingerprint density at radius 1 is 1.29 bits per heavy atom. The zero-order valence-corrected chi connectivity index (χ0v) is 13.3. The lowest BCUT2D eigenvalue weighted by molar-refractivity contribution is 0.0859. The summed E-state index contributed by atoms with van der Waals surface area (Å²) in [4.78, 5) is 14.0. The van der Waals surface area contributed by atoms with Crippen LogP contribution in [0, 0.1) is 0 Å². The Labute approximate surface area is 132 Å². The molecule has 0 fully saturated rings. The lowest BCUT2D eigenvalue weighted by atomic mass is 10.1. The molecule has 0 radical (unpaired) electrons. The van der Waals surface area contributed by atoms with E-state index < -0.39 is 0 Å². The fourth-order valence-electron chi connectivity index (χ4n) is 2.63. The molecule has 0 saturated heterocycles. The predicted molar refractivity (Wildman–Crippen MR) is 84.7 cm³/mol. The van der Waals surface area contributed by atoms with Gasteiger partial charge in [0.05, 0.1) is 12.6 Å². The summed E-state index contributed by atoms with van der Waals surface area (Å²) in [5, 5.41) is 0. The van der Waals surface area contributed by atoms with Crippen LogP contribution in [-0.2, 0) is 17.9 Å². The number of hydrogen-bond donors (Lipinski definition) is 0. The molecular weight excluding hydrogens is 330 g/mol. The van der Waals surface area contributed by atoms with Crippen molar-refractivity contribution in [2.24, 2.45) is 0 Å². The van der Waals surface area contributed by atoms with E-state index in [-0.39, 0.29) is 12.1 Å². The Hall–Kier alpha value is -1.81. The van der Waals surface area contributed by atoms with Gasteiger partial charge in [-0.2, -0.15) is 0 Å². The molecule has 3 rings (SSSR count). The van der Waals surface area contributed by atoms with Gasteiger partial charge in [-0.15, -0.1) is 0 Å².